The van der Waals surface area contributed by atoms with Crippen LogP contribution in [0.4, 0.5) is 0 Å². The van der Waals surface area contributed by atoms with Crippen LogP contribution in [0.2, 0.25) is 0 Å². The summed E-state index contributed by atoms with van der Waals surface area (Å²) >= 11 is 0. The summed E-state index contributed by atoms with van der Waals surface area (Å²) in [6.07, 6.45) is 53.6. The number of rotatable bonds is 47. The van der Waals surface area contributed by atoms with Gasteiger partial charge in [0, 0.05) is 19.4 Å². The lowest BCUT2D eigenvalue weighted by Crippen LogP contribution is -2.29. The molecule has 0 heterocycles. The molecule has 3 N–H and O–H groups in total. The lowest BCUT2D eigenvalue weighted by molar-refractivity contribution is -0.161. The van der Waals surface area contributed by atoms with Crippen molar-refractivity contribution in [1.82, 2.24) is 0 Å². The molecule has 0 amide bonds. The van der Waals surface area contributed by atoms with Gasteiger partial charge in [-0.15, -0.1) is 0 Å². The quantitative estimate of drug-likeness (QED) is 0.0265. The van der Waals surface area contributed by atoms with Crippen molar-refractivity contribution in [3.05, 3.63) is 36.5 Å². The van der Waals surface area contributed by atoms with Crippen molar-refractivity contribution in [2.45, 2.75) is 245 Å². The van der Waals surface area contributed by atoms with E-state index in [-0.39, 0.29) is 38.6 Å². The van der Waals surface area contributed by atoms with E-state index in [0.717, 1.165) is 44.9 Å². The van der Waals surface area contributed by atoms with E-state index in [2.05, 4.69) is 50.3 Å². The highest BCUT2D eigenvalue weighted by Crippen LogP contribution is 2.43. The maximum Gasteiger partial charge on any atom is 0.472 e. The highest BCUT2D eigenvalue weighted by Gasteiger charge is 2.26. The molecule has 0 spiro atoms. The van der Waals surface area contributed by atoms with Crippen LogP contribution in [0.5, 0.6) is 0 Å². The van der Waals surface area contributed by atoms with E-state index in [4.69, 9.17) is 24.3 Å². The summed E-state index contributed by atoms with van der Waals surface area (Å²) in [5, 5.41) is 0. The number of carbonyl (C=O) groups excluding carboxylic acids is 2. The number of unbranched alkanes of at least 4 members (excludes halogenated alkanes) is 28. The molecule has 60 heavy (non-hydrogen) atoms. The summed E-state index contributed by atoms with van der Waals surface area (Å²) in [6.45, 7) is 3.70. The number of hydrogen-bond donors (Lipinski definition) is 2. The summed E-state index contributed by atoms with van der Waals surface area (Å²) in [5.41, 5.74) is 5.35. The second kappa shape index (κ2) is 46.7. The minimum Gasteiger partial charge on any atom is -0.462 e. The molecule has 0 radical (unpaired) electrons. The zero-order valence-electron chi connectivity index (χ0n) is 38.9. The molecule has 0 aliphatic carbocycles. The molecular weight excluding hydrogens is 774 g/mol. The van der Waals surface area contributed by atoms with Crippen LogP contribution < -0.4 is 5.73 Å². The van der Waals surface area contributed by atoms with Gasteiger partial charge in [-0.1, -0.05) is 211 Å². The van der Waals surface area contributed by atoms with Crippen molar-refractivity contribution in [3.63, 3.8) is 0 Å². The van der Waals surface area contributed by atoms with E-state index in [0.29, 0.717) is 6.42 Å². The summed E-state index contributed by atoms with van der Waals surface area (Å²) in [5.74, 6) is -0.826. The number of hydrogen-bond acceptors (Lipinski definition) is 8. The Bertz CT molecular complexity index is 1080. The van der Waals surface area contributed by atoms with Gasteiger partial charge in [0.25, 0.3) is 0 Å². The van der Waals surface area contributed by atoms with Gasteiger partial charge in [0.2, 0.25) is 0 Å². The van der Waals surface area contributed by atoms with Gasteiger partial charge in [0.1, 0.15) is 6.61 Å². The molecule has 0 aliphatic heterocycles. The van der Waals surface area contributed by atoms with E-state index in [9.17, 15) is 19.0 Å². The Labute approximate surface area is 369 Å². The fourth-order valence-corrected chi connectivity index (χ4v) is 7.82. The lowest BCUT2D eigenvalue weighted by Gasteiger charge is -2.19. The smallest absolute Gasteiger partial charge is 0.462 e. The molecule has 0 fully saturated rings. The van der Waals surface area contributed by atoms with Crippen LogP contribution >= 0.6 is 7.82 Å². The average molecular weight is 868 g/mol. The van der Waals surface area contributed by atoms with Crippen LogP contribution in [0.3, 0.4) is 0 Å². The molecule has 0 rings (SSSR count). The first kappa shape index (κ1) is 58.2. The summed E-state index contributed by atoms with van der Waals surface area (Å²) in [4.78, 5) is 34.8. The Morgan fingerprint density at radius 1 is 0.500 bits per heavy atom. The minimum absolute atomic E-state index is 0.0548. The number of phosphoric ester groups is 1. The number of carbonyl (C=O) groups is 2. The van der Waals surface area contributed by atoms with Gasteiger partial charge in [0.05, 0.1) is 13.2 Å². The van der Waals surface area contributed by atoms with E-state index in [1.165, 1.54) is 161 Å². The molecule has 0 bridgehead atoms. The predicted octanol–water partition coefficient (Wildman–Crippen LogP) is 14.9. The van der Waals surface area contributed by atoms with Gasteiger partial charge in [-0.25, -0.2) is 4.57 Å². The largest absolute Gasteiger partial charge is 0.472 e. The summed E-state index contributed by atoms with van der Waals surface area (Å²) in [7, 11) is -4.37. The normalized spacial score (nSPS) is 13.5. The number of esters is 2. The van der Waals surface area contributed by atoms with Crippen molar-refractivity contribution in [2.24, 2.45) is 5.73 Å². The van der Waals surface area contributed by atoms with E-state index in [1.54, 1.807) is 0 Å². The molecule has 9 nitrogen and oxygen atoms in total. The Morgan fingerprint density at radius 3 is 1.28 bits per heavy atom. The Hall–Kier alpha value is -1.77. The SMILES string of the molecule is CCCCCCC/C=C\C/C=C\C/C=C\CCCCCCCCCCCCCCCCCCC(=O)OC(COC(=O)CCCCCCCCCC)COP(=O)(O)OCCN. The van der Waals surface area contributed by atoms with Crippen LogP contribution in [-0.2, 0) is 32.7 Å². The highest BCUT2D eigenvalue weighted by atomic mass is 31.2. The Morgan fingerprint density at radius 2 is 0.867 bits per heavy atom. The molecule has 0 saturated carbocycles. The van der Waals surface area contributed by atoms with Gasteiger partial charge in [-0.3, -0.25) is 18.6 Å². The van der Waals surface area contributed by atoms with Crippen LogP contribution in [0.1, 0.15) is 239 Å². The second-order valence-corrected chi connectivity index (χ2v) is 18.1. The summed E-state index contributed by atoms with van der Waals surface area (Å²) < 4.78 is 32.7. The number of nitrogens with two attached hydrogens (primary N) is 1. The van der Waals surface area contributed by atoms with Crippen molar-refractivity contribution in [2.75, 3.05) is 26.4 Å². The number of phosphoric acid groups is 1. The average Bonchev–Trinajstić information content (AvgIpc) is 3.24. The fraction of sp³-hybridized carbons (Fsp3) is 0.840. The van der Waals surface area contributed by atoms with Crippen LogP contribution in [0, 0.1) is 0 Å². The fourth-order valence-electron chi connectivity index (χ4n) is 7.05. The topological polar surface area (TPSA) is 134 Å². The first-order chi connectivity index (χ1) is 29.3. The maximum absolute atomic E-state index is 12.6. The third-order valence-corrected chi connectivity index (χ3v) is 11.8. The molecule has 0 aromatic rings. The van der Waals surface area contributed by atoms with Crippen molar-refractivity contribution in [3.8, 4) is 0 Å². The van der Waals surface area contributed by atoms with Gasteiger partial charge in [-0.05, 0) is 51.4 Å². The molecular formula is C50H94NO8P. The van der Waals surface area contributed by atoms with Crippen molar-refractivity contribution >= 4 is 19.8 Å². The van der Waals surface area contributed by atoms with Crippen LogP contribution in [0.25, 0.3) is 0 Å². The van der Waals surface area contributed by atoms with Crippen molar-refractivity contribution in [1.29, 1.82) is 0 Å². The molecule has 10 heteroatoms. The third-order valence-electron chi connectivity index (χ3n) is 10.8. The van der Waals surface area contributed by atoms with Crippen molar-refractivity contribution < 1.29 is 37.6 Å². The zero-order chi connectivity index (χ0) is 43.9. The molecule has 0 aromatic carbocycles. The Kier molecular flexibility index (Phi) is 45.3. The zero-order valence-corrected chi connectivity index (χ0v) is 39.8. The molecule has 0 saturated heterocycles. The maximum atomic E-state index is 12.6. The first-order valence-corrected chi connectivity index (χ1v) is 26.5. The van der Waals surface area contributed by atoms with Crippen LogP contribution in [-0.4, -0.2) is 49.3 Å². The van der Waals surface area contributed by atoms with Gasteiger partial charge in [-0.2, -0.15) is 0 Å². The first-order valence-electron chi connectivity index (χ1n) is 25.0. The molecule has 0 aromatic heterocycles. The number of allylic oxidation sites excluding steroid dienone is 6. The van der Waals surface area contributed by atoms with Crippen LogP contribution in [0.15, 0.2) is 36.5 Å². The Balaban J connectivity index is 3.84. The molecule has 352 valence electrons. The van der Waals surface area contributed by atoms with Gasteiger partial charge in [0.15, 0.2) is 6.10 Å². The monoisotopic (exact) mass is 868 g/mol. The van der Waals surface area contributed by atoms with Gasteiger partial charge < -0.3 is 20.1 Å². The lowest BCUT2D eigenvalue weighted by atomic mass is 10.0. The summed E-state index contributed by atoms with van der Waals surface area (Å²) in [6, 6.07) is 0. The third kappa shape index (κ3) is 45.7. The predicted molar refractivity (Wildman–Crippen MR) is 252 cm³/mol. The molecule has 2 unspecified atom stereocenters. The minimum atomic E-state index is -4.37. The van der Waals surface area contributed by atoms with E-state index < -0.39 is 26.5 Å². The molecule has 0 aliphatic rings. The second-order valence-electron chi connectivity index (χ2n) is 16.7. The molecule has 2 atom stereocenters. The van der Waals surface area contributed by atoms with E-state index >= 15 is 0 Å². The number of ether oxygens (including phenoxy) is 2. The standard InChI is InChI=1S/C50H94NO8P/c1-3-5-7-9-11-13-14-15-16-17-18-19-20-21-22-23-24-25-26-27-28-29-30-31-32-33-34-35-37-39-41-43-50(53)59-48(47-58-60(54,55)57-45-44-51)46-56-49(52)42-40-38-36-12-10-8-6-4-2/h14-15,17-18,20-21,48H,3-13,16,19,22-47,51H2,1-2H3,(H,54,55)/b15-14-,18-17-,21-20-. The highest BCUT2D eigenvalue weighted by molar-refractivity contribution is 7.47. The van der Waals surface area contributed by atoms with Gasteiger partial charge >= 0.3 is 19.8 Å². The van der Waals surface area contributed by atoms with E-state index in [1.807, 2.05) is 0 Å².